The van der Waals surface area contributed by atoms with E-state index in [0.29, 0.717) is 12.0 Å². The van der Waals surface area contributed by atoms with Crippen LogP contribution in [0, 0.1) is 5.92 Å². The van der Waals surface area contributed by atoms with Crippen LogP contribution >= 0.6 is 0 Å². The van der Waals surface area contributed by atoms with Gasteiger partial charge in [-0.25, -0.2) is 4.79 Å². The van der Waals surface area contributed by atoms with E-state index in [1.165, 1.54) is 74.1 Å². The summed E-state index contributed by atoms with van der Waals surface area (Å²) in [4.78, 5) is 16.2. The lowest BCUT2D eigenvalue weighted by Crippen LogP contribution is -2.36. The predicted molar refractivity (Wildman–Crippen MR) is 104 cm³/mol. The Hall–Kier alpha value is -1.55. The first-order valence-electron chi connectivity index (χ1n) is 10.4. The van der Waals surface area contributed by atoms with E-state index < -0.39 is 0 Å². The van der Waals surface area contributed by atoms with E-state index >= 15 is 0 Å². The molecule has 4 heteroatoms. The van der Waals surface area contributed by atoms with Gasteiger partial charge in [0.15, 0.2) is 0 Å². The third-order valence-corrected chi connectivity index (χ3v) is 6.78. The van der Waals surface area contributed by atoms with Crippen LogP contribution in [0.3, 0.4) is 0 Å². The molecule has 1 amide bonds. The molecule has 3 aliphatic rings. The number of ether oxygens (including phenoxy) is 1. The summed E-state index contributed by atoms with van der Waals surface area (Å²) >= 11 is 0. The predicted octanol–water partition coefficient (Wildman–Crippen LogP) is 4.43. The number of amides is 1. The molecule has 4 nitrogen and oxygen atoms in total. The highest BCUT2D eigenvalue weighted by Gasteiger charge is 2.39. The fourth-order valence-corrected chi connectivity index (χ4v) is 5.36. The number of hydrogen-bond acceptors (Lipinski definition) is 3. The molecule has 4 rings (SSSR count). The van der Waals surface area contributed by atoms with Crippen LogP contribution in [0.15, 0.2) is 18.2 Å². The molecule has 2 atom stereocenters. The highest BCUT2D eigenvalue weighted by atomic mass is 16.6. The zero-order valence-electron chi connectivity index (χ0n) is 16.2. The van der Waals surface area contributed by atoms with Gasteiger partial charge in [-0.15, -0.1) is 0 Å². The lowest BCUT2D eigenvalue weighted by atomic mass is 9.79. The topological polar surface area (TPSA) is 32.8 Å². The quantitative estimate of drug-likeness (QED) is 0.800. The first-order valence-corrected chi connectivity index (χ1v) is 10.4. The molecule has 1 aromatic rings. The molecule has 0 N–H and O–H groups in total. The van der Waals surface area contributed by atoms with Crippen molar-refractivity contribution in [3.63, 3.8) is 0 Å². The Morgan fingerprint density at radius 3 is 2.77 bits per heavy atom. The summed E-state index contributed by atoms with van der Waals surface area (Å²) in [6, 6.07) is 6.96. The molecule has 142 valence electrons. The van der Waals surface area contributed by atoms with Gasteiger partial charge in [0.2, 0.25) is 0 Å². The minimum Gasteiger partial charge on any atom is -0.410 e. The number of hydrogen-bond donors (Lipinski definition) is 0. The van der Waals surface area contributed by atoms with Gasteiger partial charge in [0, 0.05) is 26.1 Å². The Morgan fingerprint density at radius 1 is 1.19 bits per heavy atom. The molecule has 1 saturated carbocycles. The first-order chi connectivity index (χ1) is 12.6. The number of nitrogens with zero attached hydrogens (tertiary/aromatic N) is 2. The van der Waals surface area contributed by atoms with Gasteiger partial charge >= 0.3 is 6.09 Å². The fourth-order valence-electron chi connectivity index (χ4n) is 5.36. The van der Waals surface area contributed by atoms with Crippen LogP contribution in [-0.4, -0.2) is 49.1 Å². The third kappa shape index (κ3) is 3.48. The smallest absolute Gasteiger partial charge is 0.410 e. The number of fused-ring (bicyclic) bond motifs is 3. The van der Waals surface area contributed by atoms with Crippen LogP contribution in [0.4, 0.5) is 4.79 Å². The van der Waals surface area contributed by atoms with E-state index in [2.05, 4.69) is 17.0 Å². The lowest BCUT2D eigenvalue weighted by Gasteiger charge is -2.34. The molecule has 0 spiro atoms. The lowest BCUT2D eigenvalue weighted by molar-refractivity contribution is 0.170. The van der Waals surface area contributed by atoms with E-state index in [0.717, 1.165) is 18.1 Å². The second kappa shape index (κ2) is 7.59. The Morgan fingerprint density at radius 2 is 2.00 bits per heavy atom. The molecule has 0 bridgehead atoms. The average molecular weight is 357 g/mol. The summed E-state index contributed by atoms with van der Waals surface area (Å²) in [7, 11) is 3.46. The van der Waals surface area contributed by atoms with E-state index in [9.17, 15) is 4.79 Å². The van der Waals surface area contributed by atoms with Gasteiger partial charge in [0.05, 0.1) is 0 Å². The SMILES string of the molecule is CN(C)C(=O)Oc1cccc2c1CCC1C2CCN1CCC1CCCC1. The Kier molecular flexibility index (Phi) is 5.21. The van der Waals surface area contributed by atoms with Crippen molar-refractivity contribution in [2.75, 3.05) is 27.2 Å². The second-order valence-corrected chi connectivity index (χ2v) is 8.56. The summed E-state index contributed by atoms with van der Waals surface area (Å²) in [5.74, 6) is 2.35. The highest BCUT2D eigenvalue weighted by Crippen LogP contribution is 2.44. The monoisotopic (exact) mass is 356 g/mol. The van der Waals surface area contributed by atoms with Crippen LogP contribution < -0.4 is 4.74 Å². The summed E-state index contributed by atoms with van der Waals surface area (Å²) < 4.78 is 5.64. The van der Waals surface area contributed by atoms with Gasteiger partial charge in [-0.1, -0.05) is 37.8 Å². The molecule has 0 aromatic heterocycles. The van der Waals surface area contributed by atoms with Crippen LogP contribution in [0.1, 0.15) is 62.0 Å². The van der Waals surface area contributed by atoms with Crippen molar-refractivity contribution in [2.24, 2.45) is 5.92 Å². The van der Waals surface area contributed by atoms with Gasteiger partial charge in [-0.2, -0.15) is 0 Å². The minimum absolute atomic E-state index is 0.287. The van der Waals surface area contributed by atoms with Gasteiger partial charge in [0.1, 0.15) is 5.75 Å². The van der Waals surface area contributed by atoms with Crippen LogP contribution in [0.25, 0.3) is 0 Å². The Bertz CT molecular complexity index is 652. The van der Waals surface area contributed by atoms with Crippen LogP contribution in [0.5, 0.6) is 5.75 Å². The summed E-state index contributed by atoms with van der Waals surface area (Å²) in [5.41, 5.74) is 2.69. The third-order valence-electron chi connectivity index (χ3n) is 6.78. The molecule has 2 fully saturated rings. The highest BCUT2D eigenvalue weighted by molar-refractivity contribution is 5.70. The standard InChI is InChI=1S/C22H32N2O2/c1-23(2)22(25)26-21-9-5-8-17-18-13-15-24(20(18)11-10-19(17)21)14-12-16-6-3-4-7-16/h5,8-9,16,18,20H,3-4,6-7,10-15H2,1-2H3. The molecule has 1 saturated heterocycles. The fraction of sp³-hybridized carbons (Fsp3) is 0.682. The molecule has 2 aliphatic carbocycles. The van der Waals surface area contributed by atoms with Gasteiger partial charge in [-0.3, -0.25) is 4.90 Å². The first kappa shape index (κ1) is 17.8. The van der Waals surface area contributed by atoms with Gasteiger partial charge < -0.3 is 9.64 Å². The molecular weight excluding hydrogens is 324 g/mol. The van der Waals surface area contributed by atoms with Crippen molar-refractivity contribution in [3.8, 4) is 5.75 Å². The second-order valence-electron chi connectivity index (χ2n) is 8.56. The van der Waals surface area contributed by atoms with Crippen LogP contribution in [-0.2, 0) is 6.42 Å². The molecule has 0 radical (unpaired) electrons. The summed E-state index contributed by atoms with van der Waals surface area (Å²) in [5, 5.41) is 0. The Labute approximate surface area is 157 Å². The van der Waals surface area contributed by atoms with Crippen molar-refractivity contribution in [3.05, 3.63) is 29.3 Å². The number of likely N-dealkylation sites (tertiary alicyclic amines) is 1. The maximum Gasteiger partial charge on any atom is 0.414 e. The molecule has 1 aromatic carbocycles. The largest absolute Gasteiger partial charge is 0.414 e. The molecule has 26 heavy (non-hydrogen) atoms. The molecule has 2 unspecified atom stereocenters. The normalized spacial score (nSPS) is 25.8. The molecular formula is C22H32N2O2. The minimum atomic E-state index is -0.287. The van der Waals surface area contributed by atoms with E-state index in [4.69, 9.17) is 4.74 Å². The number of carbonyl (C=O) groups excluding carboxylic acids is 1. The maximum atomic E-state index is 12.0. The van der Waals surface area contributed by atoms with Crippen molar-refractivity contribution < 1.29 is 9.53 Å². The number of carbonyl (C=O) groups is 1. The van der Waals surface area contributed by atoms with E-state index in [1.54, 1.807) is 14.1 Å². The van der Waals surface area contributed by atoms with Crippen molar-refractivity contribution in [2.45, 2.75) is 63.3 Å². The Balaban J connectivity index is 1.45. The van der Waals surface area contributed by atoms with Crippen molar-refractivity contribution >= 4 is 6.09 Å². The van der Waals surface area contributed by atoms with E-state index in [-0.39, 0.29) is 6.09 Å². The molecule has 1 heterocycles. The zero-order chi connectivity index (χ0) is 18.1. The van der Waals surface area contributed by atoms with Crippen LogP contribution in [0.2, 0.25) is 0 Å². The van der Waals surface area contributed by atoms with Gasteiger partial charge in [0.25, 0.3) is 0 Å². The number of benzene rings is 1. The summed E-state index contributed by atoms with van der Waals surface area (Å²) in [6.07, 6.45) is 10.3. The summed E-state index contributed by atoms with van der Waals surface area (Å²) in [6.45, 7) is 2.50. The van der Waals surface area contributed by atoms with E-state index in [1.807, 2.05) is 6.07 Å². The maximum absolute atomic E-state index is 12.0. The zero-order valence-corrected chi connectivity index (χ0v) is 16.2. The van der Waals surface area contributed by atoms with Crippen molar-refractivity contribution in [1.82, 2.24) is 9.80 Å². The van der Waals surface area contributed by atoms with Gasteiger partial charge in [-0.05, 0) is 61.9 Å². The molecule has 1 aliphatic heterocycles. The number of rotatable bonds is 4. The van der Waals surface area contributed by atoms with Crippen molar-refractivity contribution in [1.29, 1.82) is 0 Å². The average Bonchev–Trinajstić information content (AvgIpc) is 3.29.